The third-order valence-electron chi connectivity index (χ3n) is 5.92. The van der Waals surface area contributed by atoms with E-state index in [1.165, 1.54) is 13.2 Å². The van der Waals surface area contributed by atoms with Crippen LogP contribution in [0.3, 0.4) is 0 Å². The fourth-order valence-electron chi connectivity index (χ4n) is 4.20. The van der Waals surface area contributed by atoms with Gasteiger partial charge in [0.15, 0.2) is 9.84 Å². The molecule has 7 nitrogen and oxygen atoms in total. The third kappa shape index (κ3) is 4.68. The lowest BCUT2D eigenvalue weighted by molar-refractivity contribution is -0.117. The molecular formula is C26H27N3O4S. The van der Waals surface area contributed by atoms with Gasteiger partial charge in [-0.15, -0.1) is 0 Å². The summed E-state index contributed by atoms with van der Waals surface area (Å²) in [6.45, 7) is 5.74. The topological polar surface area (TPSA) is 86.8 Å². The Morgan fingerprint density at radius 1 is 0.912 bits per heavy atom. The van der Waals surface area contributed by atoms with Crippen molar-refractivity contribution in [1.82, 2.24) is 0 Å². The average molecular weight is 478 g/mol. The first-order chi connectivity index (χ1) is 16.0. The van der Waals surface area contributed by atoms with E-state index < -0.39 is 9.84 Å². The van der Waals surface area contributed by atoms with Gasteiger partial charge in [0.05, 0.1) is 22.3 Å². The molecule has 0 bridgehead atoms. The number of fused-ring (bicyclic) bond motifs is 1. The number of carbonyl (C=O) groups is 2. The molecule has 3 amide bonds. The lowest BCUT2D eigenvalue weighted by atomic mass is 10.0. The van der Waals surface area contributed by atoms with Crippen molar-refractivity contribution in [2.45, 2.75) is 31.7 Å². The minimum Gasteiger partial charge on any atom is -0.308 e. The van der Waals surface area contributed by atoms with E-state index in [1.807, 2.05) is 56.3 Å². The maximum Gasteiger partial charge on any atom is 0.326 e. The number of amides is 3. The van der Waals surface area contributed by atoms with Crippen LogP contribution in [-0.2, 0) is 14.6 Å². The molecule has 0 saturated heterocycles. The van der Waals surface area contributed by atoms with Gasteiger partial charge in [0.25, 0.3) is 0 Å². The Kier molecular flexibility index (Phi) is 6.18. The molecule has 0 fully saturated rings. The molecule has 1 aliphatic heterocycles. The lowest BCUT2D eigenvalue weighted by Gasteiger charge is -2.40. The fraction of sp³-hybridized carbons (Fsp3) is 0.231. The van der Waals surface area contributed by atoms with Crippen LogP contribution >= 0.6 is 0 Å². The predicted octanol–water partition coefficient (Wildman–Crippen LogP) is 4.86. The molecule has 4 rings (SSSR count). The predicted molar refractivity (Wildman–Crippen MR) is 135 cm³/mol. The number of aryl methyl sites for hydroxylation is 1. The first kappa shape index (κ1) is 23.5. The van der Waals surface area contributed by atoms with E-state index >= 15 is 0 Å². The molecule has 0 radical (unpaired) electrons. The zero-order valence-electron chi connectivity index (χ0n) is 19.6. The van der Waals surface area contributed by atoms with E-state index in [0.29, 0.717) is 23.6 Å². The highest BCUT2D eigenvalue weighted by Gasteiger charge is 2.34. The van der Waals surface area contributed by atoms with Gasteiger partial charge in [0.1, 0.15) is 0 Å². The lowest BCUT2D eigenvalue weighted by Crippen LogP contribution is -2.52. The zero-order valence-corrected chi connectivity index (χ0v) is 20.4. The molecule has 0 aliphatic carbocycles. The summed E-state index contributed by atoms with van der Waals surface area (Å²) in [5.41, 5.74) is 4.67. The van der Waals surface area contributed by atoms with Gasteiger partial charge in [-0.2, -0.15) is 0 Å². The summed E-state index contributed by atoms with van der Waals surface area (Å²) >= 11 is 0. The van der Waals surface area contributed by atoms with Gasteiger partial charge in [-0.25, -0.2) is 13.2 Å². The van der Waals surface area contributed by atoms with Gasteiger partial charge in [-0.3, -0.25) is 9.69 Å². The Morgan fingerprint density at radius 3 is 2.12 bits per heavy atom. The molecule has 1 heterocycles. The van der Waals surface area contributed by atoms with Crippen LogP contribution in [0.1, 0.15) is 19.4 Å². The number of nitrogens with one attached hydrogen (secondary N) is 1. The molecular weight excluding hydrogens is 450 g/mol. The van der Waals surface area contributed by atoms with Crippen LogP contribution < -0.4 is 15.1 Å². The molecule has 0 spiro atoms. The maximum atomic E-state index is 13.3. The van der Waals surface area contributed by atoms with E-state index in [2.05, 4.69) is 5.32 Å². The normalized spacial score (nSPS) is 15.6. The minimum absolute atomic E-state index is 0.0994. The van der Waals surface area contributed by atoms with E-state index in [0.717, 1.165) is 16.7 Å². The van der Waals surface area contributed by atoms with E-state index in [9.17, 15) is 18.0 Å². The van der Waals surface area contributed by atoms with Crippen LogP contribution in [0.2, 0.25) is 0 Å². The van der Waals surface area contributed by atoms with Crippen LogP contribution in [0.25, 0.3) is 11.1 Å². The molecule has 1 atom stereocenters. The zero-order chi connectivity index (χ0) is 24.6. The van der Waals surface area contributed by atoms with E-state index in [-0.39, 0.29) is 22.9 Å². The van der Waals surface area contributed by atoms with Gasteiger partial charge in [0.2, 0.25) is 5.91 Å². The minimum atomic E-state index is -3.30. The number of rotatable bonds is 3. The second-order valence-electron chi connectivity index (χ2n) is 8.64. The molecule has 3 aromatic carbocycles. The quantitative estimate of drug-likeness (QED) is 0.584. The monoisotopic (exact) mass is 477 g/mol. The number of benzene rings is 3. The number of nitrogens with zero attached hydrogens (tertiary/aromatic N) is 2. The first-order valence-electron chi connectivity index (χ1n) is 10.9. The molecule has 1 unspecified atom stereocenters. The largest absolute Gasteiger partial charge is 0.326 e. The molecule has 8 heteroatoms. The second-order valence-corrected chi connectivity index (χ2v) is 10.7. The summed E-state index contributed by atoms with van der Waals surface area (Å²) in [6.07, 6.45) is 1.17. The highest BCUT2D eigenvalue weighted by molar-refractivity contribution is 7.90. The number of urea groups is 1. The molecule has 0 saturated carbocycles. The summed E-state index contributed by atoms with van der Waals surface area (Å²) in [7, 11) is -3.30. The Bertz CT molecular complexity index is 1350. The van der Waals surface area contributed by atoms with Crippen molar-refractivity contribution in [3.05, 3.63) is 72.3 Å². The molecule has 0 aromatic heterocycles. The summed E-state index contributed by atoms with van der Waals surface area (Å²) in [5.74, 6) is -0.0994. The van der Waals surface area contributed by atoms with Crippen LogP contribution in [0.4, 0.5) is 21.9 Å². The third-order valence-corrected chi connectivity index (χ3v) is 7.04. The van der Waals surface area contributed by atoms with Gasteiger partial charge >= 0.3 is 6.03 Å². The number of anilines is 3. The Balaban J connectivity index is 1.74. The van der Waals surface area contributed by atoms with Crippen LogP contribution in [0.5, 0.6) is 0 Å². The number of sulfone groups is 1. The van der Waals surface area contributed by atoms with Gasteiger partial charge in [-0.1, -0.05) is 35.9 Å². The molecule has 1 aliphatic rings. The maximum absolute atomic E-state index is 13.3. The first-order valence-corrected chi connectivity index (χ1v) is 12.8. The Morgan fingerprint density at radius 2 is 1.53 bits per heavy atom. The average Bonchev–Trinajstić information content (AvgIpc) is 2.79. The van der Waals surface area contributed by atoms with Crippen molar-refractivity contribution in [1.29, 1.82) is 0 Å². The van der Waals surface area contributed by atoms with Crippen molar-refractivity contribution >= 4 is 38.8 Å². The van der Waals surface area contributed by atoms with Gasteiger partial charge < -0.3 is 10.2 Å². The second kappa shape index (κ2) is 8.95. The molecule has 1 N–H and O–H groups in total. The summed E-state index contributed by atoms with van der Waals surface area (Å²) in [4.78, 5) is 29.3. The van der Waals surface area contributed by atoms with Gasteiger partial charge in [0, 0.05) is 25.4 Å². The van der Waals surface area contributed by atoms with E-state index in [4.69, 9.17) is 0 Å². The summed E-state index contributed by atoms with van der Waals surface area (Å²) in [6, 6.07) is 19.2. The number of hydrogen-bond acceptors (Lipinski definition) is 4. The smallest absolute Gasteiger partial charge is 0.308 e. The fourth-order valence-corrected chi connectivity index (χ4v) is 4.83. The van der Waals surface area contributed by atoms with Crippen molar-refractivity contribution < 1.29 is 18.0 Å². The van der Waals surface area contributed by atoms with Crippen LogP contribution in [-0.4, -0.2) is 39.2 Å². The van der Waals surface area contributed by atoms with E-state index in [1.54, 1.807) is 34.1 Å². The van der Waals surface area contributed by atoms with Crippen LogP contribution in [0, 0.1) is 6.92 Å². The SMILES string of the molecule is CC(=O)N1c2ccc(-c3ccc(S(C)(=O)=O)cc3)cc2N(C(=O)Nc2ccc(C)cc2)CC1C. The van der Waals surface area contributed by atoms with Crippen molar-refractivity contribution in [2.24, 2.45) is 0 Å². The highest BCUT2D eigenvalue weighted by atomic mass is 32.2. The molecule has 34 heavy (non-hydrogen) atoms. The van der Waals surface area contributed by atoms with Crippen LogP contribution in [0.15, 0.2) is 71.6 Å². The molecule has 176 valence electrons. The highest BCUT2D eigenvalue weighted by Crippen LogP contribution is 2.39. The number of hydrogen-bond donors (Lipinski definition) is 1. The summed E-state index contributed by atoms with van der Waals surface area (Å²) < 4.78 is 23.6. The van der Waals surface area contributed by atoms with Crippen molar-refractivity contribution in [3.63, 3.8) is 0 Å². The van der Waals surface area contributed by atoms with Crippen molar-refractivity contribution in [2.75, 3.05) is 27.9 Å². The Hall–Kier alpha value is -3.65. The molecule has 3 aromatic rings. The number of carbonyl (C=O) groups excluding carboxylic acids is 2. The van der Waals surface area contributed by atoms with Gasteiger partial charge in [-0.05, 0) is 61.4 Å². The standard InChI is InChI=1S/C26H27N3O4S/c1-17-5-10-22(11-6-17)27-26(31)28-16-18(2)29(19(3)30)24-14-9-21(15-25(24)28)20-7-12-23(13-8-20)34(4,32)33/h5-15,18H,16H2,1-4H3,(H,27,31). The summed E-state index contributed by atoms with van der Waals surface area (Å²) in [5, 5.41) is 2.94. The van der Waals surface area contributed by atoms with Crippen molar-refractivity contribution in [3.8, 4) is 11.1 Å². The Labute approximate surface area is 199 Å².